The van der Waals surface area contributed by atoms with E-state index in [1.165, 1.54) is 33.6 Å². The highest BCUT2D eigenvalue weighted by atomic mass is 127. The average molecular weight is 584 g/mol. The molecule has 0 N–H and O–H groups in total. The summed E-state index contributed by atoms with van der Waals surface area (Å²) in [7, 11) is 0. The van der Waals surface area contributed by atoms with Crippen molar-refractivity contribution in [2.45, 2.75) is 35.6 Å². The molecule has 1 heterocycles. The van der Waals surface area contributed by atoms with Crippen LogP contribution in [0.2, 0.25) is 0 Å². The lowest BCUT2D eigenvalue weighted by Gasteiger charge is -2.55. The predicted octanol–water partition coefficient (Wildman–Crippen LogP) is 9.00. The summed E-state index contributed by atoms with van der Waals surface area (Å²) in [6, 6.07) is 29.4. The van der Waals surface area contributed by atoms with Crippen LogP contribution < -0.4 is 4.90 Å². The van der Waals surface area contributed by atoms with Gasteiger partial charge in [-0.15, -0.1) is 13.2 Å². The maximum atomic E-state index is 4.34. The summed E-state index contributed by atoms with van der Waals surface area (Å²) in [5.41, 5.74) is 7.86. The van der Waals surface area contributed by atoms with Gasteiger partial charge in [-0.2, -0.15) is 0 Å². The second-order valence-corrected chi connectivity index (χ2v) is 10.5. The number of alkyl halides is 1. The molecule has 0 fully saturated rings. The average Bonchev–Trinajstić information content (AvgIpc) is 2.95. The minimum Gasteiger partial charge on any atom is -0.337 e. The number of halogens is 1. The number of benzene rings is 3. The molecule has 0 saturated heterocycles. The topological polar surface area (TPSA) is 3.24 Å². The second kappa shape index (κ2) is 10.6. The van der Waals surface area contributed by atoms with Gasteiger partial charge in [0.25, 0.3) is 0 Å². The predicted molar refractivity (Wildman–Crippen MR) is 163 cm³/mol. The first-order valence-electron chi connectivity index (χ1n) is 12.9. The Balaban J connectivity index is 1.93. The van der Waals surface area contributed by atoms with E-state index in [0.29, 0.717) is 5.92 Å². The van der Waals surface area contributed by atoms with Gasteiger partial charge in [0.15, 0.2) is 0 Å². The molecule has 0 amide bonds. The Labute approximate surface area is 230 Å². The minimum absolute atomic E-state index is 0.139. The summed E-state index contributed by atoms with van der Waals surface area (Å²) < 4.78 is 0.944. The Morgan fingerprint density at radius 3 is 2.17 bits per heavy atom. The maximum absolute atomic E-state index is 4.34. The van der Waals surface area contributed by atoms with Crippen LogP contribution in [0.1, 0.15) is 42.0 Å². The van der Waals surface area contributed by atoms with Crippen LogP contribution in [0.4, 0.5) is 5.69 Å². The van der Waals surface area contributed by atoms with Gasteiger partial charge in [0.05, 0.1) is 11.5 Å². The molecule has 0 radical (unpaired) electrons. The molecule has 1 aliphatic heterocycles. The highest BCUT2D eigenvalue weighted by Gasteiger charge is 2.52. The molecule has 3 unspecified atom stereocenters. The lowest BCUT2D eigenvalue weighted by Crippen LogP contribution is -2.52. The standard InChI is InChI=1S/C34H34IN/c1-4-25(5-2)31(6-3)36-32-23-14-13-21-29(32)34(27-17-9-7-10-18-27,28-19-11-8-12-20-28)30-22-15-16-26(24-35)33(30)36/h4,6-20,22-23,25,29,31H,1,3,5,21,24H2,2H3. The molecule has 5 rings (SSSR count). The lowest BCUT2D eigenvalue weighted by atomic mass is 9.56. The van der Waals surface area contributed by atoms with Crippen LogP contribution in [0.15, 0.2) is 128 Å². The van der Waals surface area contributed by atoms with Gasteiger partial charge in [-0.3, -0.25) is 0 Å². The monoisotopic (exact) mass is 583 g/mol. The maximum Gasteiger partial charge on any atom is 0.0579 e. The normalized spacial score (nSPS) is 19.4. The van der Waals surface area contributed by atoms with Gasteiger partial charge in [-0.1, -0.05) is 133 Å². The third-order valence-electron chi connectivity index (χ3n) is 8.07. The molecule has 36 heavy (non-hydrogen) atoms. The fourth-order valence-corrected chi connectivity index (χ4v) is 7.12. The van der Waals surface area contributed by atoms with Gasteiger partial charge in [0, 0.05) is 27.6 Å². The fourth-order valence-electron chi connectivity index (χ4n) is 6.51. The zero-order valence-electron chi connectivity index (χ0n) is 21.0. The molecule has 3 aromatic carbocycles. The first-order chi connectivity index (χ1) is 17.7. The van der Waals surface area contributed by atoms with Gasteiger partial charge < -0.3 is 4.90 Å². The minimum atomic E-state index is -0.297. The van der Waals surface area contributed by atoms with E-state index in [9.17, 15) is 0 Å². The van der Waals surface area contributed by atoms with E-state index in [0.717, 1.165) is 17.3 Å². The van der Waals surface area contributed by atoms with Crippen molar-refractivity contribution in [2.75, 3.05) is 4.90 Å². The second-order valence-electron chi connectivity index (χ2n) is 9.70. The number of anilines is 1. The van der Waals surface area contributed by atoms with E-state index >= 15 is 0 Å². The van der Waals surface area contributed by atoms with E-state index in [2.05, 4.69) is 157 Å². The largest absolute Gasteiger partial charge is 0.337 e. The van der Waals surface area contributed by atoms with Crippen molar-refractivity contribution in [3.63, 3.8) is 0 Å². The Kier molecular flexibility index (Phi) is 7.34. The number of rotatable bonds is 8. The van der Waals surface area contributed by atoms with Gasteiger partial charge in [-0.25, -0.2) is 0 Å². The van der Waals surface area contributed by atoms with Crippen LogP contribution in [-0.2, 0) is 9.84 Å². The fraction of sp³-hybridized carbons (Fsp3) is 0.235. The van der Waals surface area contributed by atoms with Crippen molar-refractivity contribution in [3.8, 4) is 0 Å². The third-order valence-corrected chi connectivity index (χ3v) is 8.89. The van der Waals surface area contributed by atoms with Gasteiger partial charge in [0.1, 0.15) is 0 Å². The zero-order valence-corrected chi connectivity index (χ0v) is 23.1. The molecular weight excluding hydrogens is 549 g/mol. The number of para-hydroxylation sites is 1. The number of fused-ring (bicyclic) bond motifs is 2. The quantitative estimate of drug-likeness (QED) is 0.145. The molecule has 1 aliphatic carbocycles. The zero-order chi connectivity index (χ0) is 25.1. The summed E-state index contributed by atoms with van der Waals surface area (Å²) in [6.07, 6.45) is 13.2. The highest BCUT2D eigenvalue weighted by molar-refractivity contribution is 14.1. The molecule has 0 spiro atoms. The number of nitrogens with zero attached hydrogens (tertiary/aromatic N) is 1. The molecule has 3 atom stereocenters. The van der Waals surface area contributed by atoms with E-state index < -0.39 is 0 Å². The molecule has 2 aliphatic rings. The van der Waals surface area contributed by atoms with Crippen LogP contribution in [0.5, 0.6) is 0 Å². The van der Waals surface area contributed by atoms with Crippen LogP contribution in [0.25, 0.3) is 0 Å². The molecule has 0 aromatic heterocycles. The van der Waals surface area contributed by atoms with E-state index in [1.54, 1.807) is 0 Å². The third kappa shape index (κ3) is 3.82. The molecule has 2 heteroatoms. The Morgan fingerprint density at radius 1 is 0.944 bits per heavy atom. The number of allylic oxidation sites excluding steroid dienone is 4. The smallest absolute Gasteiger partial charge is 0.0579 e. The lowest BCUT2D eigenvalue weighted by molar-refractivity contribution is 0.382. The van der Waals surface area contributed by atoms with Gasteiger partial charge >= 0.3 is 0 Å². The Morgan fingerprint density at radius 2 is 1.61 bits per heavy atom. The van der Waals surface area contributed by atoms with Crippen molar-refractivity contribution in [3.05, 3.63) is 150 Å². The summed E-state index contributed by atoms with van der Waals surface area (Å²) in [4.78, 5) is 2.62. The molecule has 182 valence electrons. The Bertz CT molecular complexity index is 1250. The van der Waals surface area contributed by atoms with Crippen molar-refractivity contribution in [1.29, 1.82) is 0 Å². The summed E-state index contributed by atoms with van der Waals surface area (Å²) in [6.45, 7) is 10.8. The number of hydrogen-bond donors (Lipinski definition) is 0. The molecule has 3 aromatic rings. The van der Waals surface area contributed by atoms with E-state index in [4.69, 9.17) is 0 Å². The Hall–Kier alpha value is -2.85. The first-order valence-corrected chi connectivity index (χ1v) is 14.4. The summed E-state index contributed by atoms with van der Waals surface area (Å²) in [5.74, 6) is 0.569. The summed E-state index contributed by atoms with van der Waals surface area (Å²) >= 11 is 2.52. The van der Waals surface area contributed by atoms with Crippen LogP contribution in [0, 0.1) is 11.8 Å². The van der Waals surface area contributed by atoms with Crippen molar-refractivity contribution >= 4 is 28.3 Å². The highest BCUT2D eigenvalue weighted by Crippen LogP contribution is 2.59. The van der Waals surface area contributed by atoms with Gasteiger partial charge in [0.2, 0.25) is 0 Å². The molecule has 0 saturated carbocycles. The molecule has 1 nitrogen and oxygen atoms in total. The van der Waals surface area contributed by atoms with E-state index in [1.807, 2.05) is 0 Å². The molecule has 0 bridgehead atoms. The van der Waals surface area contributed by atoms with E-state index in [-0.39, 0.29) is 17.4 Å². The van der Waals surface area contributed by atoms with Crippen molar-refractivity contribution < 1.29 is 0 Å². The summed E-state index contributed by atoms with van der Waals surface area (Å²) in [5, 5.41) is 0. The van der Waals surface area contributed by atoms with Crippen molar-refractivity contribution in [1.82, 2.24) is 0 Å². The van der Waals surface area contributed by atoms with Crippen LogP contribution >= 0.6 is 22.6 Å². The SMILES string of the molecule is C=CC(CC)C(C=C)N1C2=CC=CCC2C(c2ccccc2)(c2ccccc2)c2cccc(CI)c21. The van der Waals surface area contributed by atoms with Gasteiger partial charge in [-0.05, 0) is 41.2 Å². The van der Waals surface area contributed by atoms with Crippen LogP contribution in [-0.4, -0.2) is 6.04 Å². The molecular formula is C34H34IN. The van der Waals surface area contributed by atoms with Crippen LogP contribution in [0.3, 0.4) is 0 Å². The number of hydrogen-bond acceptors (Lipinski definition) is 1. The van der Waals surface area contributed by atoms with Crippen molar-refractivity contribution in [2.24, 2.45) is 11.8 Å². The first kappa shape index (κ1) is 24.8.